The molecule has 1 aliphatic heterocycles. The second-order valence-corrected chi connectivity index (χ2v) is 7.60. The van der Waals surface area contributed by atoms with E-state index in [1.807, 2.05) is 0 Å². The topological polar surface area (TPSA) is 32.3 Å². The van der Waals surface area contributed by atoms with E-state index in [0.717, 1.165) is 35.7 Å². The molecule has 1 saturated heterocycles. The zero-order valence-corrected chi connectivity index (χ0v) is 14.6. The summed E-state index contributed by atoms with van der Waals surface area (Å²) in [7, 11) is 4.29. The lowest BCUT2D eigenvalue weighted by Crippen LogP contribution is -2.31. The van der Waals surface area contributed by atoms with E-state index in [1.54, 1.807) is 11.3 Å². The van der Waals surface area contributed by atoms with Crippen molar-refractivity contribution in [3.63, 3.8) is 0 Å². The number of likely N-dealkylation sites (N-methyl/N-ethyl adjacent to an activating group) is 1. The highest BCUT2D eigenvalue weighted by molar-refractivity contribution is 7.18. The Morgan fingerprint density at radius 3 is 2.76 bits per heavy atom. The number of aromatic nitrogens is 2. The Labute approximate surface area is 134 Å². The fourth-order valence-electron chi connectivity index (χ4n) is 2.89. The predicted molar refractivity (Wildman–Crippen MR) is 89.3 cm³/mol. The normalized spacial score (nSPS) is 20.0. The summed E-state index contributed by atoms with van der Waals surface area (Å²) in [6.07, 6.45) is 1.21. The third-order valence-corrected chi connectivity index (χ3v) is 5.75. The minimum absolute atomic E-state index is 0.597. The molecule has 0 radical (unpaired) electrons. The number of hydrogen-bond donors (Lipinski definition) is 0. The first-order valence-corrected chi connectivity index (χ1v) is 8.46. The quantitative estimate of drug-likeness (QED) is 0.812. The molecular formula is C15H21ClN4S. The van der Waals surface area contributed by atoms with Crippen LogP contribution >= 0.6 is 22.9 Å². The van der Waals surface area contributed by atoms with Crippen molar-refractivity contribution in [2.24, 2.45) is 0 Å². The van der Waals surface area contributed by atoms with Gasteiger partial charge in [0.25, 0.3) is 0 Å². The van der Waals surface area contributed by atoms with Crippen molar-refractivity contribution in [3.05, 3.63) is 21.4 Å². The van der Waals surface area contributed by atoms with Crippen molar-refractivity contribution in [3.8, 4) is 0 Å². The molecule has 4 nitrogen and oxygen atoms in total. The van der Waals surface area contributed by atoms with E-state index in [1.165, 1.54) is 16.9 Å². The Morgan fingerprint density at radius 1 is 1.33 bits per heavy atom. The number of thiophene rings is 1. The van der Waals surface area contributed by atoms with Gasteiger partial charge in [-0.2, -0.15) is 0 Å². The van der Waals surface area contributed by atoms with Gasteiger partial charge in [0.1, 0.15) is 15.8 Å². The second-order valence-electron chi connectivity index (χ2n) is 6.04. The minimum Gasteiger partial charge on any atom is -0.305 e. The third-order valence-electron chi connectivity index (χ3n) is 4.37. The molecule has 114 valence electrons. The first-order valence-electron chi connectivity index (χ1n) is 7.26. The van der Waals surface area contributed by atoms with Crippen LogP contribution < -0.4 is 0 Å². The Morgan fingerprint density at radius 2 is 2.10 bits per heavy atom. The summed E-state index contributed by atoms with van der Waals surface area (Å²) in [6.45, 7) is 7.17. The van der Waals surface area contributed by atoms with E-state index in [-0.39, 0.29) is 0 Å². The van der Waals surface area contributed by atoms with E-state index < -0.39 is 0 Å². The van der Waals surface area contributed by atoms with Crippen LogP contribution in [0.3, 0.4) is 0 Å². The largest absolute Gasteiger partial charge is 0.305 e. The molecule has 1 aliphatic rings. The molecule has 2 aromatic heterocycles. The van der Waals surface area contributed by atoms with Gasteiger partial charge in [0, 0.05) is 24.0 Å². The second kappa shape index (κ2) is 5.80. The molecule has 6 heteroatoms. The highest BCUT2D eigenvalue weighted by Gasteiger charge is 2.25. The van der Waals surface area contributed by atoms with Crippen molar-refractivity contribution in [1.82, 2.24) is 19.8 Å². The lowest BCUT2D eigenvalue weighted by Gasteiger charge is -2.19. The van der Waals surface area contributed by atoms with Crippen molar-refractivity contribution in [2.45, 2.75) is 32.9 Å². The number of aryl methyl sites for hydroxylation is 2. The summed E-state index contributed by atoms with van der Waals surface area (Å²) in [6, 6.07) is 0.635. The summed E-state index contributed by atoms with van der Waals surface area (Å²) in [5, 5.41) is 1.62. The van der Waals surface area contributed by atoms with Gasteiger partial charge in [0.2, 0.25) is 0 Å². The van der Waals surface area contributed by atoms with Crippen LogP contribution in [0.1, 0.15) is 22.7 Å². The highest BCUT2D eigenvalue weighted by atomic mass is 35.5. The zero-order valence-electron chi connectivity index (χ0n) is 13.0. The molecule has 0 amide bonds. The Hall–Kier alpha value is -0.750. The van der Waals surface area contributed by atoms with Crippen LogP contribution in [0, 0.1) is 13.8 Å². The molecule has 0 saturated carbocycles. The van der Waals surface area contributed by atoms with Gasteiger partial charge in [0.05, 0.1) is 11.9 Å². The lowest BCUT2D eigenvalue weighted by molar-refractivity contribution is 0.261. The smallest absolute Gasteiger partial charge is 0.145 e. The average Bonchev–Trinajstić information content (AvgIpc) is 2.96. The predicted octanol–water partition coefficient (Wildman–Crippen LogP) is 3.10. The zero-order chi connectivity index (χ0) is 15.1. The standard InChI is InChI=1S/C15H21ClN4S/c1-9-10(2)21-15-13(9)14(16)17-12(18-15)8-20-6-5-11(7-20)19(3)4/h11H,5-8H2,1-4H3. The molecule has 3 rings (SSSR count). The number of likely N-dealkylation sites (tertiary alicyclic amines) is 1. The van der Waals surface area contributed by atoms with Crippen LogP contribution in [0.25, 0.3) is 10.2 Å². The van der Waals surface area contributed by atoms with Crippen LogP contribution in [0.4, 0.5) is 0 Å². The molecule has 2 aromatic rings. The molecule has 0 aromatic carbocycles. The van der Waals surface area contributed by atoms with Crippen molar-refractivity contribution < 1.29 is 0 Å². The van der Waals surface area contributed by atoms with Crippen molar-refractivity contribution >= 4 is 33.2 Å². The molecule has 1 unspecified atom stereocenters. The van der Waals surface area contributed by atoms with Gasteiger partial charge < -0.3 is 4.90 Å². The van der Waals surface area contributed by atoms with Gasteiger partial charge in [-0.05, 0) is 39.9 Å². The molecule has 0 bridgehead atoms. The maximum Gasteiger partial charge on any atom is 0.145 e. The van der Waals surface area contributed by atoms with E-state index in [2.05, 4.69) is 42.7 Å². The fourth-order valence-corrected chi connectivity index (χ4v) is 4.32. The van der Waals surface area contributed by atoms with E-state index in [4.69, 9.17) is 16.6 Å². The third kappa shape index (κ3) is 2.93. The Kier molecular flexibility index (Phi) is 4.19. The summed E-state index contributed by atoms with van der Waals surface area (Å²) in [5.41, 5.74) is 1.21. The van der Waals surface area contributed by atoms with Crippen LogP contribution in [-0.2, 0) is 6.54 Å². The number of fused-ring (bicyclic) bond motifs is 1. The van der Waals surface area contributed by atoms with Crippen LogP contribution in [0.15, 0.2) is 0 Å². The minimum atomic E-state index is 0.597. The molecule has 21 heavy (non-hydrogen) atoms. The Balaban J connectivity index is 1.82. The van der Waals surface area contributed by atoms with E-state index in [0.29, 0.717) is 11.2 Å². The molecule has 0 N–H and O–H groups in total. The number of hydrogen-bond acceptors (Lipinski definition) is 5. The molecule has 0 spiro atoms. The number of halogens is 1. The summed E-state index contributed by atoms with van der Waals surface area (Å²) in [4.78, 5) is 16.2. The van der Waals surface area contributed by atoms with Crippen LogP contribution in [0.2, 0.25) is 5.15 Å². The van der Waals surface area contributed by atoms with Crippen molar-refractivity contribution in [2.75, 3.05) is 27.2 Å². The summed E-state index contributed by atoms with van der Waals surface area (Å²) in [5.74, 6) is 0.841. The maximum atomic E-state index is 6.37. The SMILES string of the molecule is Cc1sc2nc(CN3CCC(N(C)C)C3)nc(Cl)c2c1C. The number of nitrogens with zero attached hydrogens (tertiary/aromatic N) is 4. The molecule has 0 aliphatic carbocycles. The summed E-state index contributed by atoms with van der Waals surface area (Å²) >= 11 is 8.08. The molecular weight excluding hydrogens is 304 g/mol. The van der Waals surface area contributed by atoms with Gasteiger partial charge in [-0.25, -0.2) is 9.97 Å². The fraction of sp³-hybridized carbons (Fsp3) is 0.600. The van der Waals surface area contributed by atoms with Crippen molar-refractivity contribution in [1.29, 1.82) is 0 Å². The first-order chi connectivity index (χ1) is 9.95. The lowest BCUT2D eigenvalue weighted by atomic mass is 10.2. The summed E-state index contributed by atoms with van der Waals surface area (Å²) < 4.78 is 0. The molecule has 3 heterocycles. The van der Waals surface area contributed by atoms with Gasteiger partial charge in [-0.3, -0.25) is 4.90 Å². The maximum absolute atomic E-state index is 6.37. The van der Waals surface area contributed by atoms with Gasteiger partial charge >= 0.3 is 0 Å². The number of rotatable bonds is 3. The molecule has 1 fully saturated rings. The highest BCUT2D eigenvalue weighted by Crippen LogP contribution is 2.33. The molecule has 1 atom stereocenters. The van der Waals surface area contributed by atoms with Gasteiger partial charge in [0.15, 0.2) is 0 Å². The van der Waals surface area contributed by atoms with E-state index >= 15 is 0 Å². The first kappa shape index (κ1) is 15.2. The van der Waals surface area contributed by atoms with Crippen LogP contribution in [0.5, 0.6) is 0 Å². The van der Waals surface area contributed by atoms with Crippen LogP contribution in [-0.4, -0.2) is 53.0 Å². The Bertz CT molecular complexity index is 667. The monoisotopic (exact) mass is 324 g/mol. The van der Waals surface area contributed by atoms with Gasteiger partial charge in [-0.1, -0.05) is 11.6 Å². The average molecular weight is 325 g/mol. The van der Waals surface area contributed by atoms with Gasteiger partial charge in [-0.15, -0.1) is 11.3 Å². The van der Waals surface area contributed by atoms with E-state index in [9.17, 15) is 0 Å².